The average molecular weight is 244 g/mol. The van der Waals surface area contributed by atoms with Crippen molar-refractivity contribution in [3.05, 3.63) is 29.3 Å². The van der Waals surface area contributed by atoms with Gasteiger partial charge in [0.25, 0.3) is 0 Å². The SMILES string of the molecule is Cc1cccc2c1CCC(=O)N2C1CCNCC1. The maximum atomic E-state index is 12.3. The van der Waals surface area contributed by atoms with Crippen molar-refractivity contribution >= 4 is 11.6 Å². The molecule has 0 radical (unpaired) electrons. The summed E-state index contributed by atoms with van der Waals surface area (Å²) < 4.78 is 0. The molecular weight excluding hydrogens is 224 g/mol. The summed E-state index contributed by atoms with van der Waals surface area (Å²) in [7, 11) is 0. The van der Waals surface area contributed by atoms with E-state index in [2.05, 4.69) is 35.3 Å². The van der Waals surface area contributed by atoms with Crippen LogP contribution >= 0.6 is 0 Å². The lowest BCUT2D eigenvalue weighted by molar-refractivity contribution is -0.119. The summed E-state index contributed by atoms with van der Waals surface area (Å²) in [6, 6.07) is 6.72. The van der Waals surface area contributed by atoms with Crippen LogP contribution in [0.1, 0.15) is 30.4 Å². The Morgan fingerprint density at radius 2 is 2.00 bits per heavy atom. The lowest BCUT2D eigenvalue weighted by Gasteiger charge is -2.38. The maximum absolute atomic E-state index is 12.3. The van der Waals surface area contributed by atoms with Gasteiger partial charge in [-0.2, -0.15) is 0 Å². The van der Waals surface area contributed by atoms with E-state index in [-0.39, 0.29) is 0 Å². The number of fused-ring (bicyclic) bond motifs is 1. The number of carbonyl (C=O) groups excluding carboxylic acids is 1. The van der Waals surface area contributed by atoms with E-state index in [1.807, 2.05) is 0 Å². The topological polar surface area (TPSA) is 32.3 Å². The van der Waals surface area contributed by atoms with Gasteiger partial charge in [-0.3, -0.25) is 4.79 Å². The van der Waals surface area contributed by atoms with E-state index < -0.39 is 0 Å². The third-order valence-corrected chi connectivity index (χ3v) is 4.18. The van der Waals surface area contributed by atoms with Gasteiger partial charge in [-0.15, -0.1) is 0 Å². The summed E-state index contributed by atoms with van der Waals surface area (Å²) in [5.74, 6) is 0.306. The standard InChI is InChI=1S/C15H20N2O/c1-11-3-2-4-14-13(11)5-6-15(18)17(14)12-7-9-16-10-8-12/h2-4,12,16H,5-10H2,1H3. The summed E-state index contributed by atoms with van der Waals surface area (Å²) in [4.78, 5) is 14.3. The lowest BCUT2D eigenvalue weighted by atomic mass is 9.93. The second kappa shape index (κ2) is 4.73. The van der Waals surface area contributed by atoms with Crippen LogP contribution in [0.2, 0.25) is 0 Å². The first-order valence-electron chi connectivity index (χ1n) is 6.88. The average Bonchev–Trinajstić information content (AvgIpc) is 2.40. The van der Waals surface area contributed by atoms with E-state index in [4.69, 9.17) is 0 Å². The highest BCUT2D eigenvalue weighted by Gasteiger charge is 2.31. The molecule has 0 spiro atoms. The van der Waals surface area contributed by atoms with Gasteiger partial charge in [-0.1, -0.05) is 12.1 Å². The predicted molar refractivity (Wildman–Crippen MR) is 72.9 cm³/mol. The van der Waals surface area contributed by atoms with Crippen LogP contribution in [0.4, 0.5) is 5.69 Å². The molecule has 3 nitrogen and oxygen atoms in total. The lowest BCUT2D eigenvalue weighted by Crippen LogP contribution is -2.48. The van der Waals surface area contributed by atoms with Crippen molar-refractivity contribution in [1.82, 2.24) is 5.32 Å². The molecule has 1 fully saturated rings. The Bertz CT molecular complexity index is 464. The molecule has 0 aliphatic carbocycles. The summed E-state index contributed by atoms with van der Waals surface area (Å²) in [5.41, 5.74) is 3.85. The van der Waals surface area contributed by atoms with Gasteiger partial charge in [-0.25, -0.2) is 0 Å². The normalized spacial score (nSPS) is 20.9. The first kappa shape index (κ1) is 11.7. The molecule has 3 heteroatoms. The minimum absolute atomic E-state index is 0.306. The number of anilines is 1. The van der Waals surface area contributed by atoms with Crippen LogP contribution in [0.25, 0.3) is 0 Å². The van der Waals surface area contributed by atoms with Gasteiger partial charge in [-0.05, 0) is 56.5 Å². The molecule has 3 rings (SSSR count). The Labute approximate surface area is 108 Å². The number of benzene rings is 1. The van der Waals surface area contributed by atoms with Crippen LogP contribution in [0.3, 0.4) is 0 Å². The highest BCUT2D eigenvalue weighted by molar-refractivity contribution is 5.97. The predicted octanol–water partition coefficient (Wildman–Crippen LogP) is 2.03. The largest absolute Gasteiger partial charge is 0.317 e. The Hall–Kier alpha value is -1.35. The van der Waals surface area contributed by atoms with E-state index in [9.17, 15) is 4.79 Å². The summed E-state index contributed by atoms with van der Waals surface area (Å²) in [6.45, 7) is 4.19. The zero-order valence-corrected chi connectivity index (χ0v) is 10.9. The van der Waals surface area contributed by atoms with Gasteiger partial charge < -0.3 is 10.2 Å². The molecule has 2 aliphatic rings. The number of rotatable bonds is 1. The highest BCUT2D eigenvalue weighted by Crippen LogP contribution is 2.33. The molecule has 18 heavy (non-hydrogen) atoms. The third-order valence-electron chi connectivity index (χ3n) is 4.18. The number of amides is 1. The van der Waals surface area contributed by atoms with Crippen molar-refractivity contribution in [2.45, 2.75) is 38.6 Å². The second-order valence-electron chi connectivity index (χ2n) is 5.32. The quantitative estimate of drug-likeness (QED) is 0.819. The molecule has 2 heterocycles. The molecule has 0 saturated carbocycles. The molecule has 1 aromatic rings. The van der Waals surface area contributed by atoms with Crippen molar-refractivity contribution in [2.75, 3.05) is 18.0 Å². The zero-order valence-electron chi connectivity index (χ0n) is 10.9. The number of nitrogens with zero attached hydrogens (tertiary/aromatic N) is 1. The van der Waals surface area contributed by atoms with Crippen LogP contribution < -0.4 is 10.2 Å². The van der Waals surface area contributed by atoms with Gasteiger partial charge >= 0.3 is 0 Å². The molecule has 2 aliphatic heterocycles. The Morgan fingerprint density at radius 3 is 2.78 bits per heavy atom. The molecule has 1 aromatic carbocycles. The first-order chi connectivity index (χ1) is 8.77. The Morgan fingerprint density at radius 1 is 1.22 bits per heavy atom. The number of carbonyl (C=O) groups is 1. The van der Waals surface area contributed by atoms with Gasteiger partial charge in [0.05, 0.1) is 0 Å². The number of nitrogens with one attached hydrogen (secondary N) is 1. The van der Waals surface area contributed by atoms with E-state index >= 15 is 0 Å². The van der Waals surface area contributed by atoms with Gasteiger partial charge in [0.15, 0.2) is 0 Å². The van der Waals surface area contributed by atoms with E-state index in [0.29, 0.717) is 18.4 Å². The number of hydrogen-bond acceptors (Lipinski definition) is 2. The summed E-state index contributed by atoms with van der Waals surface area (Å²) >= 11 is 0. The fraction of sp³-hybridized carbons (Fsp3) is 0.533. The molecule has 0 bridgehead atoms. The first-order valence-corrected chi connectivity index (χ1v) is 6.88. The highest BCUT2D eigenvalue weighted by atomic mass is 16.2. The Balaban J connectivity index is 1.98. The summed E-state index contributed by atoms with van der Waals surface area (Å²) in [6.07, 6.45) is 3.71. The minimum atomic E-state index is 0.306. The van der Waals surface area contributed by atoms with Crippen molar-refractivity contribution in [3.63, 3.8) is 0 Å². The van der Waals surface area contributed by atoms with Gasteiger partial charge in [0, 0.05) is 18.2 Å². The van der Waals surface area contributed by atoms with Crippen LogP contribution in [0.5, 0.6) is 0 Å². The summed E-state index contributed by atoms with van der Waals surface area (Å²) in [5, 5.41) is 3.37. The number of piperidine rings is 1. The smallest absolute Gasteiger partial charge is 0.227 e. The molecule has 0 atom stereocenters. The monoisotopic (exact) mass is 244 g/mol. The van der Waals surface area contributed by atoms with Crippen LogP contribution in [-0.4, -0.2) is 25.0 Å². The molecule has 96 valence electrons. The number of hydrogen-bond donors (Lipinski definition) is 1. The minimum Gasteiger partial charge on any atom is -0.317 e. The van der Waals surface area contributed by atoms with Crippen LogP contribution in [0.15, 0.2) is 18.2 Å². The van der Waals surface area contributed by atoms with E-state index in [0.717, 1.165) is 38.0 Å². The van der Waals surface area contributed by atoms with Gasteiger partial charge in [0.1, 0.15) is 0 Å². The fourth-order valence-corrected chi connectivity index (χ4v) is 3.19. The molecule has 1 amide bonds. The van der Waals surface area contributed by atoms with Crippen molar-refractivity contribution in [1.29, 1.82) is 0 Å². The van der Waals surface area contributed by atoms with Crippen LogP contribution in [-0.2, 0) is 11.2 Å². The van der Waals surface area contributed by atoms with Crippen LogP contribution in [0, 0.1) is 6.92 Å². The third kappa shape index (κ3) is 1.93. The van der Waals surface area contributed by atoms with E-state index in [1.54, 1.807) is 0 Å². The van der Waals surface area contributed by atoms with Crippen molar-refractivity contribution in [3.8, 4) is 0 Å². The second-order valence-corrected chi connectivity index (χ2v) is 5.32. The molecule has 1 saturated heterocycles. The molecular formula is C15H20N2O. The van der Waals surface area contributed by atoms with Gasteiger partial charge in [0.2, 0.25) is 5.91 Å². The van der Waals surface area contributed by atoms with Crippen molar-refractivity contribution in [2.24, 2.45) is 0 Å². The Kier molecular flexibility index (Phi) is 3.08. The fourth-order valence-electron chi connectivity index (χ4n) is 3.19. The van der Waals surface area contributed by atoms with Crippen molar-refractivity contribution < 1.29 is 4.79 Å². The zero-order chi connectivity index (χ0) is 12.5. The maximum Gasteiger partial charge on any atom is 0.227 e. The molecule has 1 N–H and O–H groups in total. The molecule has 0 unspecified atom stereocenters. The van der Waals surface area contributed by atoms with E-state index in [1.165, 1.54) is 11.1 Å². The molecule has 0 aromatic heterocycles. The number of aryl methyl sites for hydroxylation is 1.